The van der Waals surface area contributed by atoms with Gasteiger partial charge in [0, 0.05) is 0 Å². The minimum atomic E-state index is -4.87. The lowest BCUT2D eigenvalue weighted by Gasteiger charge is -2.33. The molecular formula is C20H19F6NO. The van der Waals surface area contributed by atoms with Gasteiger partial charge in [0.15, 0.2) is 0 Å². The summed E-state index contributed by atoms with van der Waals surface area (Å²) in [5.41, 5.74) is -1.85. The molecule has 28 heavy (non-hydrogen) atoms. The lowest BCUT2D eigenvalue weighted by Crippen LogP contribution is -2.39. The summed E-state index contributed by atoms with van der Waals surface area (Å²) in [4.78, 5) is 0. The van der Waals surface area contributed by atoms with Crippen molar-refractivity contribution in [3.63, 3.8) is 0 Å². The number of nitrogens with one attached hydrogen (secondary N) is 1. The molecule has 0 amide bonds. The molecule has 1 aliphatic rings. The summed E-state index contributed by atoms with van der Waals surface area (Å²) in [6, 6.07) is 10.8. The van der Waals surface area contributed by atoms with Crippen LogP contribution in [0.1, 0.15) is 41.1 Å². The normalized spacial score (nSPS) is 20.9. The van der Waals surface area contributed by atoms with Crippen LogP contribution in [0.5, 0.6) is 0 Å². The van der Waals surface area contributed by atoms with Gasteiger partial charge in [-0.2, -0.15) is 26.3 Å². The molecule has 152 valence electrons. The molecule has 3 rings (SSSR count). The first kappa shape index (κ1) is 20.7. The molecule has 0 spiro atoms. The number of hydrogen-bond acceptors (Lipinski definition) is 2. The molecule has 1 fully saturated rings. The lowest BCUT2D eigenvalue weighted by molar-refractivity contribution is -0.143. The summed E-state index contributed by atoms with van der Waals surface area (Å²) in [6.45, 7) is 0.434. The van der Waals surface area contributed by atoms with Crippen LogP contribution in [0.2, 0.25) is 0 Å². The van der Waals surface area contributed by atoms with Crippen LogP contribution in [-0.4, -0.2) is 12.6 Å². The molecule has 1 N–H and O–H groups in total. The molecule has 1 unspecified atom stereocenters. The Hall–Kier alpha value is -2.06. The fourth-order valence-electron chi connectivity index (χ4n) is 3.34. The largest absolute Gasteiger partial charge is 0.416 e. The van der Waals surface area contributed by atoms with Crippen LogP contribution in [0, 0.1) is 0 Å². The van der Waals surface area contributed by atoms with E-state index in [2.05, 4.69) is 5.32 Å². The summed E-state index contributed by atoms with van der Waals surface area (Å²) in [6.07, 6.45) is -8.61. The highest BCUT2D eigenvalue weighted by atomic mass is 19.4. The standard InChI is InChI=1S/C20H19F6NO/c21-19(22,23)15-9-13(10-16(11-15)20(24,25)26)12-28-17-7-4-8-27-18(17)14-5-2-1-3-6-14/h1-3,5-6,9-11,17-18,27H,4,7-8,12H2/t17?,18-/m0/s1. The monoisotopic (exact) mass is 403 g/mol. The van der Waals surface area contributed by atoms with Gasteiger partial charge in [-0.05, 0) is 48.7 Å². The average molecular weight is 403 g/mol. The molecule has 8 heteroatoms. The van der Waals surface area contributed by atoms with Gasteiger partial charge >= 0.3 is 12.4 Å². The Morgan fingerprint density at radius 2 is 1.50 bits per heavy atom. The van der Waals surface area contributed by atoms with Crippen LogP contribution in [-0.2, 0) is 23.7 Å². The maximum absolute atomic E-state index is 13.0. The molecule has 2 atom stereocenters. The van der Waals surface area contributed by atoms with Crippen molar-refractivity contribution in [2.24, 2.45) is 0 Å². The predicted molar refractivity (Wildman–Crippen MR) is 91.4 cm³/mol. The fraction of sp³-hybridized carbons (Fsp3) is 0.400. The number of rotatable bonds is 4. The number of alkyl halides is 6. The van der Waals surface area contributed by atoms with Gasteiger partial charge < -0.3 is 10.1 Å². The van der Waals surface area contributed by atoms with Crippen LogP contribution < -0.4 is 5.32 Å². The third kappa shape index (κ3) is 5.05. The first-order chi connectivity index (χ1) is 13.1. The molecule has 2 aromatic carbocycles. The van der Waals surface area contributed by atoms with Gasteiger partial charge in [0.05, 0.1) is 29.9 Å². The van der Waals surface area contributed by atoms with Crippen molar-refractivity contribution in [1.29, 1.82) is 0 Å². The van der Waals surface area contributed by atoms with E-state index < -0.39 is 23.5 Å². The zero-order valence-corrected chi connectivity index (χ0v) is 14.8. The lowest BCUT2D eigenvalue weighted by atomic mass is 9.94. The summed E-state index contributed by atoms with van der Waals surface area (Å²) in [5, 5.41) is 3.31. The van der Waals surface area contributed by atoms with Crippen molar-refractivity contribution >= 4 is 0 Å². The predicted octanol–water partition coefficient (Wildman–Crippen LogP) is 5.73. The highest BCUT2D eigenvalue weighted by Gasteiger charge is 2.37. The first-order valence-corrected chi connectivity index (χ1v) is 8.83. The summed E-state index contributed by atoms with van der Waals surface area (Å²) >= 11 is 0. The highest BCUT2D eigenvalue weighted by molar-refractivity contribution is 5.33. The van der Waals surface area contributed by atoms with Crippen molar-refractivity contribution < 1.29 is 31.1 Å². The smallest absolute Gasteiger partial charge is 0.372 e. The maximum Gasteiger partial charge on any atom is 0.416 e. The van der Waals surface area contributed by atoms with Gasteiger partial charge in [-0.3, -0.25) is 0 Å². The zero-order chi connectivity index (χ0) is 20.4. The second-order valence-electron chi connectivity index (χ2n) is 6.75. The third-order valence-electron chi connectivity index (χ3n) is 4.67. The van der Waals surface area contributed by atoms with E-state index in [4.69, 9.17) is 4.74 Å². The van der Waals surface area contributed by atoms with Gasteiger partial charge in [0.1, 0.15) is 0 Å². The van der Waals surface area contributed by atoms with Gasteiger partial charge in [0.2, 0.25) is 0 Å². The SMILES string of the molecule is FC(F)(F)c1cc(COC2CCCN[C@H]2c2ccccc2)cc(C(F)(F)F)c1. The minimum absolute atomic E-state index is 0.123. The number of benzene rings is 2. The molecule has 2 aromatic rings. The molecule has 0 aliphatic carbocycles. The fourth-order valence-corrected chi connectivity index (χ4v) is 3.34. The van der Waals surface area contributed by atoms with Crippen LogP contribution in [0.4, 0.5) is 26.3 Å². The van der Waals surface area contributed by atoms with Crippen LogP contribution >= 0.6 is 0 Å². The molecule has 0 saturated carbocycles. The van der Waals surface area contributed by atoms with Crippen molar-refractivity contribution in [2.45, 2.75) is 43.9 Å². The van der Waals surface area contributed by atoms with Crippen molar-refractivity contribution in [2.75, 3.05) is 6.54 Å². The van der Waals surface area contributed by atoms with Crippen LogP contribution in [0.3, 0.4) is 0 Å². The Labute approximate surface area is 158 Å². The van der Waals surface area contributed by atoms with Crippen LogP contribution in [0.25, 0.3) is 0 Å². The Balaban J connectivity index is 1.81. The van der Waals surface area contributed by atoms with Gasteiger partial charge in [-0.1, -0.05) is 30.3 Å². The summed E-state index contributed by atoms with van der Waals surface area (Å²) in [7, 11) is 0. The second-order valence-corrected chi connectivity index (χ2v) is 6.75. The third-order valence-corrected chi connectivity index (χ3v) is 4.67. The number of halogens is 6. The summed E-state index contributed by atoms with van der Waals surface area (Å²) in [5.74, 6) is 0. The Kier molecular flexibility index (Phi) is 6.00. The molecule has 0 radical (unpaired) electrons. The quantitative estimate of drug-likeness (QED) is 0.658. The molecule has 1 heterocycles. The van der Waals surface area contributed by atoms with E-state index >= 15 is 0 Å². The van der Waals surface area contributed by atoms with E-state index in [9.17, 15) is 26.3 Å². The van der Waals surface area contributed by atoms with Crippen molar-refractivity contribution in [1.82, 2.24) is 5.32 Å². The molecule has 0 aromatic heterocycles. The topological polar surface area (TPSA) is 21.3 Å². The molecule has 1 saturated heterocycles. The van der Waals surface area contributed by atoms with E-state index in [-0.39, 0.29) is 30.4 Å². The van der Waals surface area contributed by atoms with Gasteiger partial charge in [-0.15, -0.1) is 0 Å². The van der Waals surface area contributed by atoms with Crippen LogP contribution in [0.15, 0.2) is 48.5 Å². The molecule has 2 nitrogen and oxygen atoms in total. The van der Waals surface area contributed by atoms with Crippen molar-refractivity contribution in [3.05, 3.63) is 70.8 Å². The molecule has 0 bridgehead atoms. The Bertz CT molecular complexity index is 755. The van der Waals surface area contributed by atoms with Gasteiger partial charge in [0.25, 0.3) is 0 Å². The zero-order valence-electron chi connectivity index (χ0n) is 14.8. The minimum Gasteiger partial charge on any atom is -0.372 e. The first-order valence-electron chi connectivity index (χ1n) is 8.83. The van der Waals surface area contributed by atoms with E-state index in [1.165, 1.54) is 0 Å². The summed E-state index contributed by atoms with van der Waals surface area (Å²) < 4.78 is 83.8. The Morgan fingerprint density at radius 1 is 0.893 bits per heavy atom. The van der Waals surface area contributed by atoms with E-state index in [1.54, 1.807) is 0 Å². The van der Waals surface area contributed by atoms with Crippen molar-refractivity contribution in [3.8, 4) is 0 Å². The van der Waals surface area contributed by atoms with E-state index in [0.717, 1.165) is 18.5 Å². The van der Waals surface area contributed by atoms with E-state index in [1.807, 2.05) is 30.3 Å². The van der Waals surface area contributed by atoms with Gasteiger partial charge in [-0.25, -0.2) is 0 Å². The maximum atomic E-state index is 13.0. The van der Waals surface area contributed by atoms with E-state index in [0.29, 0.717) is 18.6 Å². The Morgan fingerprint density at radius 3 is 2.07 bits per heavy atom. The number of piperidine rings is 1. The second kappa shape index (κ2) is 8.13. The number of hydrogen-bond donors (Lipinski definition) is 1. The number of ether oxygens (including phenoxy) is 1. The average Bonchev–Trinajstić information content (AvgIpc) is 2.66. The molecule has 1 aliphatic heterocycles. The highest BCUT2D eigenvalue weighted by Crippen LogP contribution is 2.37. The molecular weight excluding hydrogens is 384 g/mol.